The van der Waals surface area contributed by atoms with Crippen molar-refractivity contribution in [3.63, 3.8) is 0 Å². The second kappa shape index (κ2) is 6.39. The molecule has 0 aliphatic heterocycles. The van der Waals surface area contributed by atoms with Gasteiger partial charge in [-0.25, -0.2) is 0 Å². The molecule has 0 spiro atoms. The van der Waals surface area contributed by atoms with Crippen LogP contribution >= 0.6 is 0 Å². The van der Waals surface area contributed by atoms with Crippen LogP contribution in [0.4, 0.5) is 18.9 Å². The van der Waals surface area contributed by atoms with Crippen LogP contribution in [0.15, 0.2) is 24.3 Å². The molecule has 1 amide bonds. The molecule has 1 atom stereocenters. The number of nitrogens with one attached hydrogen (secondary N) is 2. The molecule has 0 fully saturated rings. The fourth-order valence-electron chi connectivity index (χ4n) is 1.56. The van der Waals surface area contributed by atoms with Crippen LogP contribution < -0.4 is 15.8 Å². The lowest BCUT2D eigenvalue weighted by atomic mass is 10.2. The van der Waals surface area contributed by atoms with Gasteiger partial charge in [-0.2, -0.15) is 5.21 Å². The van der Waals surface area contributed by atoms with E-state index in [1.54, 1.807) is 0 Å². The molecule has 1 unspecified atom stereocenters. The molecule has 2 rings (SSSR count). The fraction of sp³-hybridized carbons (Fsp3) is 0.273. The number of tetrazole rings is 1. The second-order valence-electron chi connectivity index (χ2n) is 4.20. The lowest BCUT2D eigenvalue weighted by molar-refractivity contribution is -0.274. The number of ether oxygens (including phenoxy) is 1. The second-order valence-corrected chi connectivity index (χ2v) is 4.20. The van der Waals surface area contributed by atoms with Gasteiger partial charge in [0.25, 0.3) is 0 Å². The topological polar surface area (TPSA) is 119 Å². The van der Waals surface area contributed by atoms with Gasteiger partial charge in [-0.1, -0.05) is 11.3 Å². The van der Waals surface area contributed by atoms with Crippen LogP contribution in [0, 0.1) is 0 Å². The van der Waals surface area contributed by atoms with Gasteiger partial charge in [0.1, 0.15) is 5.75 Å². The predicted molar refractivity (Wildman–Crippen MR) is 67.6 cm³/mol. The Balaban J connectivity index is 1.97. The standard InChI is InChI=1S/C11H11F3N6O2/c12-11(13,14)22-7-3-1-2-6(4-7)16-10(21)8(15)5-9-17-19-20-18-9/h1-4,8H,5,15H2,(H,16,21)(H,17,18,19,20). The van der Waals surface area contributed by atoms with Crippen molar-refractivity contribution in [2.24, 2.45) is 5.73 Å². The number of aromatic amines is 1. The Bertz CT molecular complexity index is 631. The van der Waals surface area contributed by atoms with Gasteiger partial charge in [-0.15, -0.1) is 23.4 Å². The van der Waals surface area contributed by atoms with Gasteiger partial charge in [0.15, 0.2) is 5.82 Å². The van der Waals surface area contributed by atoms with E-state index in [1.807, 2.05) is 0 Å². The number of carbonyl (C=O) groups is 1. The predicted octanol–water partition coefficient (Wildman–Crippen LogP) is 0.607. The quantitative estimate of drug-likeness (QED) is 0.743. The first-order chi connectivity index (χ1) is 10.3. The number of anilines is 1. The Kier molecular flexibility index (Phi) is 4.56. The molecular formula is C11H11F3N6O2. The van der Waals surface area contributed by atoms with Gasteiger partial charge in [0.05, 0.1) is 6.04 Å². The molecule has 1 aromatic carbocycles. The number of H-pyrrole nitrogens is 1. The van der Waals surface area contributed by atoms with Crippen molar-refractivity contribution in [2.75, 3.05) is 5.32 Å². The van der Waals surface area contributed by atoms with Crippen molar-refractivity contribution in [3.05, 3.63) is 30.1 Å². The smallest absolute Gasteiger partial charge is 0.406 e. The summed E-state index contributed by atoms with van der Waals surface area (Å²) in [6, 6.07) is 3.88. The molecule has 2 aromatic rings. The highest BCUT2D eigenvalue weighted by Crippen LogP contribution is 2.25. The molecule has 0 aliphatic rings. The number of nitrogens with two attached hydrogens (primary N) is 1. The number of halogens is 3. The van der Waals surface area contributed by atoms with Crippen LogP contribution in [0.3, 0.4) is 0 Å². The number of alkyl halides is 3. The van der Waals surface area contributed by atoms with Crippen molar-refractivity contribution < 1.29 is 22.7 Å². The number of carbonyl (C=O) groups excluding carboxylic acids is 1. The zero-order valence-corrected chi connectivity index (χ0v) is 11.0. The summed E-state index contributed by atoms with van der Waals surface area (Å²) in [5, 5.41) is 15.2. The highest BCUT2D eigenvalue weighted by molar-refractivity contribution is 5.94. The van der Waals surface area contributed by atoms with E-state index in [1.165, 1.54) is 12.1 Å². The minimum absolute atomic E-state index is 0.0288. The lowest BCUT2D eigenvalue weighted by Gasteiger charge is -2.12. The first kappa shape index (κ1) is 15.7. The van der Waals surface area contributed by atoms with Gasteiger partial charge in [-0.05, 0) is 12.1 Å². The fourth-order valence-corrected chi connectivity index (χ4v) is 1.56. The average molecular weight is 316 g/mol. The van der Waals surface area contributed by atoms with Crippen LogP contribution in [0.5, 0.6) is 5.75 Å². The molecule has 0 aliphatic carbocycles. The summed E-state index contributed by atoms with van der Waals surface area (Å²) in [6.07, 6.45) is -4.78. The van der Waals surface area contributed by atoms with Crippen molar-refractivity contribution in [2.45, 2.75) is 18.8 Å². The molecule has 118 valence electrons. The molecular weight excluding hydrogens is 305 g/mol. The number of hydrogen-bond acceptors (Lipinski definition) is 6. The highest BCUT2D eigenvalue weighted by Gasteiger charge is 2.31. The van der Waals surface area contributed by atoms with Crippen molar-refractivity contribution in [1.82, 2.24) is 20.6 Å². The molecule has 22 heavy (non-hydrogen) atoms. The molecule has 1 heterocycles. The SMILES string of the molecule is NC(Cc1nn[nH]n1)C(=O)Nc1cccc(OC(F)(F)F)c1. The maximum Gasteiger partial charge on any atom is 0.573 e. The summed E-state index contributed by atoms with van der Waals surface area (Å²) in [7, 11) is 0. The van der Waals surface area contributed by atoms with Crippen molar-refractivity contribution in [3.8, 4) is 5.75 Å². The van der Waals surface area contributed by atoms with E-state index in [0.717, 1.165) is 12.1 Å². The number of hydrogen-bond donors (Lipinski definition) is 3. The van der Waals surface area contributed by atoms with E-state index in [9.17, 15) is 18.0 Å². The number of aromatic nitrogens is 4. The minimum Gasteiger partial charge on any atom is -0.406 e. The van der Waals surface area contributed by atoms with Crippen LogP contribution in [0.25, 0.3) is 0 Å². The van der Waals surface area contributed by atoms with E-state index in [4.69, 9.17) is 5.73 Å². The van der Waals surface area contributed by atoms with Crippen LogP contribution in [0.1, 0.15) is 5.82 Å². The summed E-state index contributed by atoms with van der Waals surface area (Å²) in [5.74, 6) is -0.803. The van der Waals surface area contributed by atoms with Gasteiger partial charge < -0.3 is 15.8 Å². The lowest BCUT2D eigenvalue weighted by Crippen LogP contribution is -2.37. The third-order valence-corrected chi connectivity index (χ3v) is 2.46. The van der Waals surface area contributed by atoms with Gasteiger partial charge in [-0.3, -0.25) is 4.79 Å². The summed E-state index contributed by atoms with van der Waals surface area (Å²) in [6.45, 7) is 0. The third-order valence-electron chi connectivity index (χ3n) is 2.46. The molecule has 1 aromatic heterocycles. The van der Waals surface area contributed by atoms with Crippen LogP contribution in [-0.2, 0) is 11.2 Å². The van der Waals surface area contributed by atoms with Crippen LogP contribution in [-0.4, -0.2) is 38.9 Å². The highest BCUT2D eigenvalue weighted by atomic mass is 19.4. The van der Waals surface area contributed by atoms with Gasteiger partial charge in [0, 0.05) is 18.2 Å². The van der Waals surface area contributed by atoms with Gasteiger partial charge >= 0.3 is 6.36 Å². The number of amides is 1. The average Bonchev–Trinajstić information content (AvgIpc) is 2.89. The van der Waals surface area contributed by atoms with E-state index in [-0.39, 0.29) is 17.9 Å². The first-order valence-corrected chi connectivity index (χ1v) is 5.98. The Labute approximate surface area is 121 Å². The van der Waals surface area contributed by atoms with E-state index >= 15 is 0 Å². The Morgan fingerprint density at radius 3 is 2.86 bits per heavy atom. The molecule has 0 bridgehead atoms. The molecule has 0 radical (unpaired) electrons. The van der Waals surface area contributed by atoms with E-state index < -0.39 is 24.1 Å². The minimum atomic E-state index is -4.81. The summed E-state index contributed by atoms with van der Waals surface area (Å²) in [4.78, 5) is 11.8. The largest absolute Gasteiger partial charge is 0.573 e. The zero-order valence-electron chi connectivity index (χ0n) is 11.0. The first-order valence-electron chi connectivity index (χ1n) is 5.98. The molecule has 11 heteroatoms. The Hall–Kier alpha value is -2.69. The summed E-state index contributed by atoms with van der Waals surface area (Å²) in [5.41, 5.74) is 5.77. The summed E-state index contributed by atoms with van der Waals surface area (Å²) >= 11 is 0. The van der Waals surface area contributed by atoms with E-state index in [0.29, 0.717) is 0 Å². The zero-order chi connectivity index (χ0) is 16.2. The van der Waals surface area contributed by atoms with E-state index in [2.05, 4.69) is 30.7 Å². The molecule has 4 N–H and O–H groups in total. The molecule has 8 nitrogen and oxygen atoms in total. The third kappa shape index (κ3) is 4.70. The maximum atomic E-state index is 12.1. The van der Waals surface area contributed by atoms with Crippen molar-refractivity contribution in [1.29, 1.82) is 0 Å². The normalized spacial score (nSPS) is 12.7. The molecule has 0 saturated heterocycles. The Morgan fingerprint density at radius 1 is 1.45 bits per heavy atom. The number of rotatable bonds is 5. The monoisotopic (exact) mass is 316 g/mol. The number of nitrogens with zero attached hydrogens (tertiary/aromatic N) is 3. The van der Waals surface area contributed by atoms with Crippen molar-refractivity contribution >= 4 is 11.6 Å². The van der Waals surface area contributed by atoms with Crippen LogP contribution in [0.2, 0.25) is 0 Å². The Morgan fingerprint density at radius 2 is 2.23 bits per heavy atom. The number of benzene rings is 1. The molecule has 0 saturated carbocycles. The summed E-state index contributed by atoms with van der Waals surface area (Å²) < 4.78 is 40.1. The maximum absolute atomic E-state index is 12.1. The van der Waals surface area contributed by atoms with Gasteiger partial charge in [0.2, 0.25) is 5.91 Å².